The van der Waals surface area contributed by atoms with E-state index in [1.807, 2.05) is 0 Å². The van der Waals surface area contributed by atoms with Crippen LogP contribution in [-0.2, 0) is 0 Å². The van der Waals surface area contributed by atoms with Gasteiger partial charge in [0.1, 0.15) is 0 Å². The van der Waals surface area contributed by atoms with Gasteiger partial charge in [0.05, 0.1) is 5.02 Å². The first-order chi connectivity index (χ1) is 8.49. The van der Waals surface area contributed by atoms with Gasteiger partial charge in [0.2, 0.25) is 0 Å². The molecule has 1 nitrogen and oxygen atoms in total. The molecular weight excluding hydrogens is 358 g/mol. The summed E-state index contributed by atoms with van der Waals surface area (Å²) in [6.07, 6.45) is 0. The van der Waals surface area contributed by atoms with Crippen LogP contribution in [0.4, 0.5) is 0 Å². The van der Waals surface area contributed by atoms with Gasteiger partial charge in [-0.25, -0.2) is 0 Å². The molecule has 0 atom stereocenters. The molecule has 0 N–H and O–H groups in total. The summed E-state index contributed by atoms with van der Waals surface area (Å²) in [6, 6.07) is 9.77. The third-order valence-electron chi connectivity index (χ3n) is 2.35. The predicted molar refractivity (Wildman–Crippen MR) is 79.0 cm³/mol. The largest absolute Gasteiger partial charge is 0.289 e. The summed E-state index contributed by atoms with van der Waals surface area (Å²) in [5.74, 6) is -0.225. The average Bonchev–Trinajstić information content (AvgIpc) is 2.34. The quantitative estimate of drug-likeness (QED) is 0.630. The third-order valence-corrected chi connectivity index (χ3v) is 3.84. The summed E-state index contributed by atoms with van der Waals surface area (Å²) in [7, 11) is 0. The molecule has 0 aliphatic rings. The van der Waals surface area contributed by atoms with Crippen molar-refractivity contribution in [3.8, 4) is 0 Å². The number of ketones is 1. The minimum Gasteiger partial charge on any atom is -0.289 e. The minimum atomic E-state index is -0.225. The van der Waals surface area contributed by atoms with Crippen LogP contribution in [-0.4, -0.2) is 5.78 Å². The van der Waals surface area contributed by atoms with Crippen LogP contribution in [0.3, 0.4) is 0 Å². The highest BCUT2D eigenvalue weighted by atomic mass is 79.9. The van der Waals surface area contributed by atoms with Crippen LogP contribution in [0.25, 0.3) is 0 Å². The topological polar surface area (TPSA) is 17.1 Å². The molecule has 0 aliphatic carbocycles. The van der Waals surface area contributed by atoms with Gasteiger partial charge in [-0.05, 0) is 36.4 Å². The van der Waals surface area contributed by atoms with Crippen molar-refractivity contribution in [2.24, 2.45) is 0 Å². The molecule has 2 aromatic rings. The molecular formula is C13H6BrCl3O. The van der Waals surface area contributed by atoms with Gasteiger partial charge in [-0.3, -0.25) is 4.79 Å². The number of rotatable bonds is 2. The standard InChI is InChI=1S/C13H6BrCl3O/c14-11-3-1-7(15)5-9(11)13(18)10-6-8(16)2-4-12(10)17/h1-6H. The van der Waals surface area contributed by atoms with Crippen LogP contribution < -0.4 is 0 Å². The van der Waals surface area contributed by atoms with Crippen LogP contribution in [0, 0.1) is 0 Å². The third kappa shape index (κ3) is 2.89. The summed E-state index contributed by atoms with van der Waals surface area (Å²) in [5.41, 5.74) is 0.804. The van der Waals surface area contributed by atoms with Gasteiger partial charge >= 0.3 is 0 Å². The summed E-state index contributed by atoms with van der Waals surface area (Å²) in [6.45, 7) is 0. The molecule has 0 unspecified atom stereocenters. The van der Waals surface area contributed by atoms with E-state index in [0.29, 0.717) is 30.7 Å². The number of hydrogen-bond acceptors (Lipinski definition) is 1. The predicted octanol–water partition coefficient (Wildman–Crippen LogP) is 5.64. The van der Waals surface area contributed by atoms with E-state index in [2.05, 4.69) is 15.9 Å². The molecule has 92 valence electrons. The molecule has 0 fully saturated rings. The number of benzene rings is 2. The van der Waals surface area contributed by atoms with Crippen LogP contribution in [0.5, 0.6) is 0 Å². The minimum absolute atomic E-state index is 0.225. The second-order valence-electron chi connectivity index (χ2n) is 3.58. The first-order valence-electron chi connectivity index (χ1n) is 4.94. The fourth-order valence-electron chi connectivity index (χ4n) is 1.49. The van der Waals surface area contributed by atoms with E-state index in [4.69, 9.17) is 34.8 Å². The van der Waals surface area contributed by atoms with Gasteiger partial charge in [0.25, 0.3) is 0 Å². The highest BCUT2D eigenvalue weighted by Gasteiger charge is 2.16. The zero-order valence-electron chi connectivity index (χ0n) is 8.88. The van der Waals surface area contributed by atoms with Gasteiger partial charge in [-0.2, -0.15) is 0 Å². The van der Waals surface area contributed by atoms with E-state index in [1.54, 1.807) is 36.4 Å². The first-order valence-corrected chi connectivity index (χ1v) is 6.86. The smallest absolute Gasteiger partial charge is 0.195 e. The SMILES string of the molecule is O=C(c1cc(Cl)ccc1Cl)c1cc(Cl)ccc1Br. The van der Waals surface area contributed by atoms with Crippen molar-refractivity contribution >= 4 is 56.5 Å². The molecule has 18 heavy (non-hydrogen) atoms. The zero-order valence-corrected chi connectivity index (χ0v) is 12.7. The number of carbonyl (C=O) groups excluding carboxylic acids is 1. The molecule has 0 saturated heterocycles. The summed E-state index contributed by atoms with van der Waals surface area (Å²) < 4.78 is 0.660. The van der Waals surface area contributed by atoms with E-state index >= 15 is 0 Å². The molecule has 2 rings (SSSR count). The van der Waals surface area contributed by atoms with Crippen LogP contribution >= 0.6 is 50.7 Å². The van der Waals surface area contributed by atoms with E-state index in [9.17, 15) is 4.79 Å². The van der Waals surface area contributed by atoms with Crippen LogP contribution in [0.15, 0.2) is 40.9 Å². The Bertz CT molecular complexity index is 572. The van der Waals surface area contributed by atoms with Gasteiger partial charge in [-0.15, -0.1) is 0 Å². The molecule has 5 heteroatoms. The van der Waals surface area contributed by atoms with Crippen molar-refractivity contribution in [3.05, 3.63) is 67.1 Å². The highest BCUT2D eigenvalue weighted by Crippen LogP contribution is 2.28. The molecule has 2 aromatic carbocycles. The molecule has 0 radical (unpaired) electrons. The average molecular weight is 364 g/mol. The number of halogens is 4. The number of carbonyl (C=O) groups is 1. The molecule has 0 bridgehead atoms. The fraction of sp³-hybridized carbons (Fsp3) is 0. The highest BCUT2D eigenvalue weighted by molar-refractivity contribution is 9.10. The van der Waals surface area contributed by atoms with Crippen molar-refractivity contribution in [1.29, 1.82) is 0 Å². The van der Waals surface area contributed by atoms with Gasteiger partial charge < -0.3 is 0 Å². The van der Waals surface area contributed by atoms with E-state index in [-0.39, 0.29) is 5.78 Å². The van der Waals surface area contributed by atoms with E-state index in [1.165, 1.54) is 0 Å². The lowest BCUT2D eigenvalue weighted by Gasteiger charge is -2.06. The Morgan fingerprint density at radius 2 is 1.44 bits per heavy atom. The lowest BCUT2D eigenvalue weighted by Crippen LogP contribution is -2.03. The van der Waals surface area contributed by atoms with Gasteiger partial charge in [0.15, 0.2) is 5.78 Å². The zero-order chi connectivity index (χ0) is 13.3. The van der Waals surface area contributed by atoms with Crippen molar-refractivity contribution < 1.29 is 4.79 Å². The van der Waals surface area contributed by atoms with Gasteiger partial charge in [0, 0.05) is 25.6 Å². The molecule has 0 amide bonds. The Labute approximate surface area is 128 Å². The Morgan fingerprint density at radius 1 is 0.889 bits per heavy atom. The molecule has 0 aliphatic heterocycles. The van der Waals surface area contributed by atoms with Crippen LogP contribution in [0.2, 0.25) is 15.1 Å². The second kappa shape index (κ2) is 5.62. The fourth-order valence-corrected chi connectivity index (χ4v) is 2.46. The number of hydrogen-bond donors (Lipinski definition) is 0. The Balaban J connectivity index is 2.54. The van der Waals surface area contributed by atoms with Crippen molar-refractivity contribution in [1.82, 2.24) is 0 Å². The molecule has 0 aromatic heterocycles. The second-order valence-corrected chi connectivity index (χ2v) is 5.71. The monoisotopic (exact) mass is 362 g/mol. The van der Waals surface area contributed by atoms with Gasteiger partial charge in [-0.1, -0.05) is 50.7 Å². The summed E-state index contributed by atoms with van der Waals surface area (Å²) in [5, 5.41) is 1.30. The van der Waals surface area contributed by atoms with Crippen molar-refractivity contribution in [2.75, 3.05) is 0 Å². The lowest BCUT2D eigenvalue weighted by atomic mass is 10.0. The lowest BCUT2D eigenvalue weighted by molar-refractivity contribution is 0.103. The maximum absolute atomic E-state index is 12.4. The van der Waals surface area contributed by atoms with Crippen molar-refractivity contribution in [2.45, 2.75) is 0 Å². The van der Waals surface area contributed by atoms with Crippen LogP contribution in [0.1, 0.15) is 15.9 Å². The Kier molecular flexibility index (Phi) is 4.33. The Hall–Kier alpha value is -0.540. The molecule has 0 heterocycles. The van der Waals surface area contributed by atoms with E-state index in [0.717, 1.165) is 0 Å². The Morgan fingerprint density at radius 3 is 2.11 bits per heavy atom. The van der Waals surface area contributed by atoms with E-state index < -0.39 is 0 Å². The summed E-state index contributed by atoms with van der Waals surface area (Å²) in [4.78, 5) is 12.4. The summed E-state index contributed by atoms with van der Waals surface area (Å²) >= 11 is 21.1. The molecule has 0 spiro atoms. The van der Waals surface area contributed by atoms with Crippen molar-refractivity contribution in [3.63, 3.8) is 0 Å². The molecule has 0 saturated carbocycles. The maximum atomic E-state index is 12.4. The maximum Gasteiger partial charge on any atom is 0.195 e. The normalized spacial score (nSPS) is 10.4. The first kappa shape index (κ1) is 13.9.